The highest BCUT2D eigenvalue weighted by Gasteiger charge is 2.11. The molecular weight excluding hydrogens is 288 g/mol. The normalized spacial score (nSPS) is 12.0. The fourth-order valence-electron chi connectivity index (χ4n) is 2.29. The maximum absolute atomic E-state index is 5.52. The summed E-state index contributed by atoms with van der Waals surface area (Å²) in [7, 11) is 4.02. The molecule has 0 saturated heterocycles. The molecule has 0 saturated carbocycles. The van der Waals surface area contributed by atoms with E-state index in [4.69, 9.17) is 4.84 Å². The summed E-state index contributed by atoms with van der Waals surface area (Å²) >= 11 is 0. The lowest BCUT2D eigenvalue weighted by Crippen LogP contribution is -2.17. The van der Waals surface area contributed by atoms with Gasteiger partial charge in [-0.05, 0) is 26.2 Å². The largest absolute Gasteiger partial charge is 0.394 e. The highest BCUT2D eigenvalue weighted by Crippen LogP contribution is 2.17. The van der Waals surface area contributed by atoms with E-state index in [1.165, 1.54) is 0 Å². The first-order chi connectivity index (χ1) is 11.2. The summed E-state index contributed by atoms with van der Waals surface area (Å²) in [5, 5.41) is 5.47. The van der Waals surface area contributed by atoms with Gasteiger partial charge in [0, 0.05) is 23.7 Å². The highest BCUT2D eigenvalue weighted by molar-refractivity contribution is 6.13. The van der Waals surface area contributed by atoms with E-state index in [0.29, 0.717) is 6.61 Å². The second kappa shape index (κ2) is 7.07. The summed E-state index contributed by atoms with van der Waals surface area (Å²) in [5.74, 6) is 0. The molecule has 3 rings (SSSR count). The number of oxime groups is 1. The molecule has 0 fully saturated rings. The molecule has 0 aliphatic heterocycles. The van der Waals surface area contributed by atoms with Gasteiger partial charge in [-0.1, -0.05) is 35.5 Å². The summed E-state index contributed by atoms with van der Waals surface area (Å²) in [5.41, 5.74) is 3.71. The van der Waals surface area contributed by atoms with Gasteiger partial charge < -0.3 is 14.7 Å². The van der Waals surface area contributed by atoms with Gasteiger partial charge in [0.05, 0.1) is 17.4 Å². The molecule has 0 aliphatic carbocycles. The molecule has 0 radical (unpaired) electrons. The summed E-state index contributed by atoms with van der Waals surface area (Å²) in [6.07, 6.45) is 3.60. The van der Waals surface area contributed by atoms with E-state index in [9.17, 15) is 0 Å². The Kier molecular flexibility index (Phi) is 4.68. The van der Waals surface area contributed by atoms with Crippen molar-refractivity contribution in [3.63, 3.8) is 0 Å². The van der Waals surface area contributed by atoms with Crippen molar-refractivity contribution in [3.8, 4) is 0 Å². The molecule has 0 spiro atoms. The topological polar surface area (TPSA) is 53.5 Å². The van der Waals surface area contributed by atoms with Crippen LogP contribution in [0.3, 0.4) is 0 Å². The summed E-state index contributed by atoms with van der Waals surface area (Å²) in [6.45, 7) is 1.37. The number of likely N-dealkylation sites (N-methyl/N-ethyl adjacent to an activating group) is 1. The third-order valence-electron chi connectivity index (χ3n) is 3.51. The molecular formula is C18H20N4O. The quantitative estimate of drug-likeness (QED) is 0.433. The van der Waals surface area contributed by atoms with Gasteiger partial charge in [-0.15, -0.1) is 0 Å². The first kappa shape index (κ1) is 15.2. The summed E-state index contributed by atoms with van der Waals surface area (Å²) < 4.78 is 0. The molecule has 3 aromatic rings. The van der Waals surface area contributed by atoms with Gasteiger partial charge in [-0.25, -0.2) is 0 Å². The standard InChI is InChI=1S/C18H20N4O/c1-22(2)10-11-23-21-18(14-6-4-3-5-7-14)16-12-15-8-9-19-13-17(15)20-16/h3-9,12-13,20H,10-11H2,1-2H3/b21-18+. The third kappa shape index (κ3) is 3.76. The van der Waals surface area contributed by atoms with Gasteiger partial charge in [-0.2, -0.15) is 0 Å². The number of nitrogens with zero attached hydrogens (tertiary/aromatic N) is 3. The number of hydrogen-bond donors (Lipinski definition) is 1. The van der Waals surface area contributed by atoms with Crippen LogP contribution in [-0.2, 0) is 4.84 Å². The van der Waals surface area contributed by atoms with Crippen LogP contribution in [0.15, 0.2) is 60.0 Å². The van der Waals surface area contributed by atoms with Gasteiger partial charge in [0.2, 0.25) is 0 Å². The zero-order chi connectivity index (χ0) is 16.1. The van der Waals surface area contributed by atoms with E-state index < -0.39 is 0 Å². The lowest BCUT2D eigenvalue weighted by atomic mass is 10.1. The van der Waals surface area contributed by atoms with E-state index in [1.54, 1.807) is 6.20 Å². The van der Waals surface area contributed by atoms with Crippen molar-refractivity contribution in [1.82, 2.24) is 14.9 Å². The van der Waals surface area contributed by atoms with Gasteiger partial charge in [0.15, 0.2) is 0 Å². The van der Waals surface area contributed by atoms with Crippen LogP contribution < -0.4 is 0 Å². The SMILES string of the molecule is CN(C)CCO/N=C(\c1ccccc1)c1cc2ccncc2[nH]1. The van der Waals surface area contributed by atoms with Crippen LogP contribution in [0.4, 0.5) is 0 Å². The molecule has 0 unspecified atom stereocenters. The lowest BCUT2D eigenvalue weighted by molar-refractivity contribution is 0.126. The van der Waals surface area contributed by atoms with E-state index in [1.807, 2.05) is 56.7 Å². The van der Waals surface area contributed by atoms with Gasteiger partial charge in [0.1, 0.15) is 12.3 Å². The molecule has 0 amide bonds. The smallest absolute Gasteiger partial charge is 0.133 e. The average Bonchev–Trinajstić information content (AvgIpc) is 2.99. The van der Waals surface area contributed by atoms with Crippen LogP contribution in [0.1, 0.15) is 11.3 Å². The summed E-state index contributed by atoms with van der Waals surface area (Å²) in [4.78, 5) is 15.1. The van der Waals surface area contributed by atoms with Crippen molar-refractivity contribution in [2.45, 2.75) is 0 Å². The minimum Gasteiger partial charge on any atom is -0.394 e. The Bertz CT molecular complexity index is 760. The highest BCUT2D eigenvalue weighted by atomic mass is 16.6. The molecule has 5 heteroatoms. The predicted molar refractivity (Wildman–Crippen MR) is 92.7 cm³/mol. The third-order valence-corrected chi connectivity index (χ3v) is 3.51. The van der Waals surface area contributed by atoms with Crippen molar-refractivity contribution in [3.05, 3.63) is 66.1 Å². The van der Waals surface area contributed by atoms with E-state index >= 15 is 0 Å². The van der Waals surface area contributed by atoms with Crippen molar-refractivity contribution in [1.29, 1.82) is 0 Å². The number of H-pyrrole nitrogens is 1. The van der Waals surface area contributed by atoms with Gasteiger partial charge >= 0.3 is 0 Å². The second-order valence-corrected chi connectivity index (χ2v) is 5.59. The number of fused-ring (bicyclic) bond motifs is 1. The van der Waals surface area contributed by atoms with Crippen molar-refractivity contribution in [2.75, 3.05) is 27.2 Å². The molecule has 0 aliphatic rings. The predicted octanol–water partition coefficient (Wildman–Crippen LogP) is 2.89. The van der Waals surface area contributed by atoms with E-state index in [2.05, 4.69) is 26.1 Å². The molecule has 23 heavy (non-hydrogen) atoms. The Balaban J connectivity index is 1.92. The molecule has 1 aromatic carbocycles. The molecule has 1 N–H and O–H groups in total. The van der Waals surface area contributed by atoms with Crippen molar-refractivity contribution in [2.24, 2.45) is 5.16 Å². The Morgan fingerprint density at radius 2 is 2.04 bits per heavy atom. The fraction of sp³-hybridized carbons (Fsp3) is 0.222. The number of nitrogens with one attached hydrogen (secondary N) is 1. The first-order valence-electron chi connectivity index (χ1n) is 7.57. The Labute approximate surface area is 135 Å². The maximum Gasteiger partial charge on any atom is 0.133 e. The molecule has 0 bridgehead atoms. The monoisotopic (exact) mass is 308 g/mol. The molecule has 0 atom stereocenters. The summed E-state index contributed by atoms with van der Waals surface area (Å²) in [6, 6.07) is 14.1. The van der Waals surface area contributed by atoms with Crippen LogP contribution >= 0.6 is 0 Å². The Hall–Kier alpha value is -2.66. The number of pyridine rings is 1. The fourth-order valence-corrected chi connectivity index (χ4v) is 2.29. The van der Waals surface area contributed by atoms with Crippen LogP contribution in [0.5, 0.6) is 0 Å². The maximum atomic E-state index is 5.52. The molecule has 2 heterocycles. The second-order valence-electron chi connectivity index (χ2n) is 5.59. The zero-order valence-corrected chi connectivity index (χ0v) is 13.4. The van der Waals surface area contributed by atoms with E-state index in [-0.39, 0.29) is 0 Å². The molecule has 118 valence electrons. The average molecular weight is 308 g/mol. The van der Waals surface area contributed by atoms with Crippen molar-refractivity contribution < 1.29 is 4.84 Å². The number of aromatic amines is 1. The Morgan fingerprint density at radius 3 is 2.78 bits per heavy atom. The zero-order valence-electron chi connectivity index (χ0n) is 13.4. The van der Waals surface area contributed by atoms with Crippen LogP contribution in [0, 0.1) is 0 Å². The van der Waals surface area contributed by atoms with Crippen LogP contribution in [0.2, 0.25) is 0 Å². The number of hydrogen-bond acceptors (Lipinski definition) is 4. The lowest BCUT2D eigenvalue weighted by Gasteiger charge is -2.09. The minimum atomic E-state index is 0.547. The molecule has 2 aromatic heterocycles. The molecule has 5 nitrogen and oxygen atoms in total. The number of benzene rings is 1. The van der Waals surface area contributed by atoms with Crippen LogP contribution in [-0.4, -0.2) is 47.8 Å². The number of aromatic nitrogens is 2. The van der Waals surface area contributed by atoms with Crippen LogP contribution in [0.25, 0.3) is 10.9 Å². The van der Waals surface area contributed by atoms with Gasteiger partial charge in [-0.3, -0.25) is 4.98 Å². The van der Waals surface area contributed by atoms with Crippen molar-refractivity contribution >= 4 is 16.6 Å². The van der Waals surface area contributed by atoms with E-state index in [0.717, 1.165) is 34.4 Å². The number of rotatable bonds is 6. The minimum absolute atomic E-state index is 0.547. The van der Waals surface area contributed by atoms with Gasteiger partial charge in [0.25, 0.3) is 0 Å². The Morgan fingerprint density at radius 1 is 1.22 bits per heavy atom. The first-order valence-corrected chi connectivity index (χ1v) is 7.57.